The standard InChI is InChI=1S/C12H24FNO2/c1-12(2,3)16-9-11-7-10(13)8-14(11)5-6-15-4/h10-11H,5-9H2,1-4H3. The second-order valence-corrected chi connectivity index (χ2v) is 5.40. The molecule has 0 aliphatic carbocycles. The Morgan fingerprint density at radius 2 is 2.06 bits per heavy atom. The summed E-state index contributed by atoms with van der Waals surface area (Å²) in [5.74, 6) is 0. The third kappa shape index (κ3) is 4.76. The van der Waals surface area contributed by atoms with E-state index in [-0.39, 0.29) is 11.6 Å². The zero-order valence-electron chi connectivity index (χ0n) is 10.8. The predicted octanol–water partition coefficient (Wildman–Crippen LogP) is 1.86. The normalized spacial score (nSPS) is 27.6. The zero-order chi connectivity index (χ0) is 12.2. The lowest BCUT2D eigenvalue weighted by atomic mass is 10.1. The van der Waals surface area contributed by atoms with Gasteiger partial charge in [-0.2, -0.15) is 0 Å². The Morgan fingerprint density at radius 1 is 1.38 bits per heavy atom. The molecule has 1 aliphatic heterocycles. The lowest BCUT2D eigenvalue weighted by molar-refractivity contribution is -0.0303. The van der Waals surface area contributed by atoms with Gasteiger partial charge in [0.2, 0.25) is 0 Å². The van der Waals surface area contributed by atoms with Crippen LogP contribution in [-0.2, 0) is 9.47 Å². The minimum Gasteiger partial charge on any atom is -0.383 e. The Balaban J connectivity index is 2.37. The lowest BCUT2D eigenvalue weighted by Crippen LogP contribution is -2.37. The number of alkyl halides is 1. The topological polar surface area (TPSA) is 21.7 Å². The van der Waals surface area contributed by atoms with Crippen LogP contribution < -0.4 is 0 Å². The van der Waals surface area contributed by atoms with Gasteiger partial charge in [0.05, 0.1) is 18.8 Å². The highest BCUT2D eigenvalue weighted by atomic mass is 19.1. The van der Waals surface area contributed by atoms with Gasteiger partial charge in [-0.15, -0.1) is 0 Å². The third-order valence-corrected chi connectivity index (χ3v) is 2.77. The number of rotatable bonds is 5. The van der Waals surface area contributed by atoms with E-state index in [4.69, 9.17) is 9.47 Å². The van der Waals surface area contributed by atoms with Gasteiger partial charge in [-0.05, 0) is 27.2 Å². The summed E-state index contributed by atoms with van der Waals surface area (Å²) in [6, 6.07) is 0.198. The molecule has 2 atom stereocenters. The number of hydrogen-bond acceptors (Lipinski definition) is 3. The fraction of sp³-hybridized carbons (Fsp3) is 1.00. The minimum atomic E-state index is -0.717. The van der Waals surface area contributed by atoms with Crippen molar-refractivity contribution in [2.75, 3.05) is 33.4 Å². The number of halogens is 1. The predicted molar refractivity (Wildman–Crippen MR) is 62.5 cm³/mol. The van der Waals surface area contributed by atoms with E-state index in [1.165, 1.54) is 0 Å². The highest BCUT2D eigenvalue weighted by Crippen LogP contribution is 2.21. The summed E-state index contributed by atoms with van der Waals surface area (Å²) in [5, 5.41) is 0. The fourth-order valence-electron chi connectivity index (χ4n) is 1.92. The van der Waals surface area contributed by atoms with Gasteiger partial charge in [0.15, 0.2) is 0 Å². The van der Waals surface area contributed by atoms with Crippen molar-refractivity contribution in [3.05, 3.63) is 0 Å². The fourth-order valence-corrected chi connectivity index (χ4v) is 1.92. The van der Waals surface area contributed by atoms with Crippen LogP contribution in [0, 0.1) is 0 Å². The summed E-state index contributed by atoms with van der Waals surface area (Å²) in [6.07, 6.45) is -0.134. The zero-order valence-corrected chi connectivity index (χ0v) is 10.8. The second-order valence-electron chi connectivity index (χ2n) is 5.40. The molecule has 0 N–H and O–H groups in total. The summed E-state index contributed by atoms with van der Waals surface area (Å²) >= 11 is 0. The number of likely N-dealkylation sites (tertiary alicyclic amines) is 1. The van der Waals surface area contributed by atoms with Gasteiger partial charge in [-0.3, -0.25) is 4.90 Å². The van der Waals surface area contributed by atoms with Crippen LogP contribution in [0.4, 0.5) is 4.39 Å². The number of nitrogens with zero attached hydrogens (tertiary/aromatic N) is 1. The molecule has 1 heterocycles. The maximum atomic E-state index is 13.3. The van der Waals surface area contributed by atoms with E-state index in [0.717, 1.165) is 6.54 Å². The molecule has 0 amide bonds. The molecular weight excluding hydrogens is 209 g/mol. The molecule has 1 saturated heterocycles. The Labute approximate surface area is 97.9 Å². The van der Waals surface area contributed by atoms with Gasteiger partial charge in [0, 0.05) is 26.2 Å². The molecule has 1 aliphatic rings. The molecule has 16 heavy (non-hydrogen) atoms. The van der Waals surface area contributed by atoms with E-state index in [1.807, 2.05) is 20.8 Å². The molecule has 3 nitrogen and oxygen atoms in total. The maximum absolute atomic E-state index is 13.3. The molecule has 4 heteroatoms. The van der Waals surface area contributed by atoms with Crippen molar-refractivity contribution in [2.24, 2.45) is 0 Å². The summed E-state index contributed by atoms with van der Waals surface area (Å²) in [4.78, 5) is 2.12. The Hall–Kier alpha value is -0.190. The van der Waals surface area contributed by atoms with Crippen LogP contribution in [0.3, 0.4) is 0 Å². The van der Waals surface area contributed by atoms with E-state index in [9.17, 15) is 4.39 Å². The van der Waals surface area contributed by atoms with Gasteiger partial charge in [0.1, 0.15) is 6.17 Å². The molecule has 96 valence electrons. The largest absolute Gasteiger partial charge is 0.383 e. The summed E-state index contributed by atoms with van der Waals surface area (Å²) < 4.78 is 24.1. The van der Waals surface area contributed by atoms with E-state index in [0.29, 0.717) is 26.2 Å². The monoisotopic (exact) mass is 233 g/mol. The van der Waals surface area contributed by atoms with Gasteiger partial charge >= 0.3 is 0 Å². The van der Waals surface area contributed by atoms with Crippen molar-refractivity contribution < 1.29 is 13.9 Å². The van der Waals surface area contributed by atoms with Crippen LogP contribution in [0.1, 0.15) is 27.2 Å². The summed E-state index contributed by atoms with van der Waals surface area (Å²) in [7, 11) is 1.67. The Morgan fingerprint density at radius 3 is 2.62 bits per heavy atom. The molecule has 0 aromatic heterocycles. The molecule has 2 unspecified atom stereocenters. The molecule has 0 aromatic rings. The van der Waals surface area contributed by atoms with Crippen molar-refractivity contribution in [1.29, 1.82) is 0 Å². The maximum Gasteiger partial charge on any atom is 0.114 e. The number of ether oxygens (including phenoxy) is 2. The van der Waals surface area contributed by atoms with E-state index >= 15 is 0 Å². The number of methoxy groups -OCH3 is 1. The minimum absolute atomic E-state index is 0.151. The third-order valence-electron chi connectivity index (χ3n) is 2.77. The molecule has 0 radical (unpaired) electrons. The highest BCUT2D eigenvalue weighted by molar-refractivity contribution is 4.85. The SMILES string of the molecule is COCCN1CC(F)CC1COC(C)(C)C. The van der Waals surface area contributed by atoms with Gasteiger partial charge in [-0.1, -0.05) is 0 Å². The van der Waals surface area contributed by atoms with Crippen LogP contribution in [0.5, 0.6) is 0 Å². The smallest absolute Gasteiger partial charge is 0.114 e. The molecule has 0 aromatic carbocycles. The summed E-state index contributed by atoms with van der Waals surface area (Å²) in [5.41, 5.74) is -0.151. The van der Waals surface area contributed by atoms with Gasteiger partial charge in [0.25, 0.3) is 0 Å². The van der Waals surface area contributed by atoms with Crippen molar-refractivity contribution >= 4 is 0 Å². The molecular formula is C12H24FNO2. The average Bonchev–Trinajstić information content (AvgIpc) is 2.52. The van der Waals surface area contributed by atoms with Crippen LogP contribution >= 0.6 is 0 Å². The summed E-state index contributed by atoms with van der Waals surface area (Å²) in [6.45, 7) is 8.63. The van der Waals surface area contributed by atoms with Crippen molar-refractivity contribution in [3.63, 3.8) is 0 Å². The highest BCUT2D eigenvalue weighted by Gasteiger charge is 2.32. The molecule has 1 fully saturated rings. The quantitative estimate of drug-likeness (QED) is 0.723. The van der Waals surface area contributed by atoms with E-state index < -0.39 is 6.17 Å². The Bertz CT molecular complexity index is 206. The van der Waals surface area contributed by atoms with Crippen LogP contribution in [0.15, 0.2) is 0 Å². The van der Waals surface area contributed by atoms with Gasteiger partial charge in [-0.25, -0.2) is 4.39 Å². The first-order chi connectivity index (χ1) is 7.42. The van der Waals surface area contributed by atoms with Crippen LogP contribution in [0.25, 0.3) is 0 Å². The molecule has 1 rings (SSSR count). The van der Waals surface area contributed by atoms with Crippen molar-refractivity contribution in [2.45, 2.75) is 45.0 Å². The lowest BCUT2D eigenvalue weighted by Gasteiger charge is -2.27. The van der Waals surface area contributed by atoms with E-state index in [2.05, 4.69) is 4.90 Å². The first kappa shape index (κ1) is 13.9. The first-order valence-electron chi connectivity index (χ1n) is 5.93. The molecule has 0 spiro atoms. The van der Waals surface area contributed by atoms with Gasteiger partial charge < -0.3 is 9.47 Å². The van der Waals surface area contributed by atoms with Crippen molar-refractivity contribution in [3.8, 4) is 0 Å². The average molecular weight is 233 g/mol. The second kappa shape index (κ2) is 5.94. The molecule has 0 bridgehead atoms. The van der Waals surface area contributed by atoms with Crippen molar-refractivity contribution in [1.82, 2.24) is 4.90 Å². The van der Waals surface area contributed by atoms with Crippen LogP contribution in [-0.4, -0.2) is 56.1 Å². The van der Waals surface area contributed by atoms with E-state index in [1.54, 1.807) is 7.11 Å². The first-order valence-corrected chi connectivity index (χ1v) is 5.93. The molecule has 0 saturated carbocycles. The number of hydrogen-bond donors (Lipinski definition) is 0. The Kier molecular flexibility index (Phi) is 5.15. The van der Waals surface area contributed by atoms with Crippen LogP contribution in [0.2, 0.25) is 0 Å².